The van der Waals surface area contributed by atoms with E-state index in [2.05, 4.69) is 0 Å². The lowest BCUT2D eigenvalue weighted by molar-refractivity contribution is -0.389. The number of hydrogen-bond donors (Lipinski definition) is 0. The first kappa shape index (κ1) is 12.3. The van der Waals surface area contributed by atoms with Gasteiger partial charge in [-0.05, 0) is 12.1 Å². The summed E-state index contributed by atoms with van der Waals surface area (Å²) < 4.78 is 61.5. The van der Waals surface area contributed by atoms with Gasteiger partial charge in [-0.3, -0.25) is 10.1 Å². The predicted octanol–water partition coefficient (Wildman–Crippen LogP) is 3.55. The van der Waals surface area contributed by atoms with Gasteiger partial charge in [0.1, 0.15) is 5.56 Å². The van der Waals surface area contributed by atoms with Gasteiger partial charge in [0.25, 0.3) is 12.1 Å². The van der Waals surface area contributed by atoms with E-state index in [0.717, 1.165) is 0 Å². The van der Waals surface area contributed by atoms with Gasteiger partial charge in [-0.25, -0.2) is 8.78 Å². The molecule has 0 N–H and O–H groups in total. The Bertz CT molecular complexity index is 415. The molecule has 3 nitrogen and oxygen atoms in total. The molecule has 0 aromatic heterocycles. The molecule has 1 aromatic rings. The lowest BCUT2D eigenvalue weighted by Crippen LogP contribution is -2.10. The van der Waals surface area contributed by atoms with Crippen molar-refractivity contribution < 1.29 is 26.9 Å². The first-order valence-electron chi connectivity index (χ1n) is 3.87. The van der Waals surface area contributed by atoms with Crippen molar-refractivity contribution in [3.8, 4) is 0 Å². The van der Waals surface area contributed by atoms with Crippen molar-refractivity contribution in [1.82, 2.24) is 0 Å². The number of hydrogen-bond acceptors (Lipinski definition) is 2. The second kappa shape index (κ2) is 4.03. The molecule has 0 amide bonds. The lowest BCUT2D eigenvalue weighted by atomic mass is 10.1. The van der Waals surface area contributed by atoms with Gasteiger partial charge in [-0.2, -0.15) is 13.2 Å². The summed E-state index contributed by atoms with van der Waals surface area (Å²) in [5, 5.41) is 10.4. The monoisotopic (exact) mass is 241 g/mol. The van der Waals surface area contributed by atoms with Crippen molar-refractivity contribution >= 4 is 5.69 Å². The number of alkyl halides is 5. The highest BCUT2D eigenvalue weighted by molar-refractivity contribution is 5.49. The van der Waals surface area contributed by atoms with E-state index in [4.69, 9.17) is 0 Å². The minimum Gasteiger partial charge on any atom is -0.258 e. The van der Waals surface area contributed by atoms with Gasteiger partial charge in [0.05, 0.1) is 10.5 Å². The van der Waals surface area contributed by atoms with Crippen molar-refractivity contribution in [2.75, 3.05) is 0 Å². The molecule has 0 atom stereocenters. The molecule has 0 unspecified atom stereocenters. The van der Waals surface area contributed by atoms with Crippen molar-refractivity contribution in [2.45, 2.75) is 12.6 Å². The van der Waals surface area contributed by atoms with Crippen LogP contribution >= 0.6 is 0 Å². The van der Waals surface area contributed by atoms with Crippen LogP contribution in [0.1, 0.15) is 17.6 Å². The van der Waals surface area contributed by atoms with E-state index in [-0.39, 0.29) is 0 Å². The van der Waals surface area contributed by atoms with E-state index in [1.807, 2.05) is 0 Å². The first-order chi connectivity index (χ1) is 7.25. The third kappa shape index (κ3) is 2.26. The average molecular weight is 241 g/mol. The predicted molar refractivity (Wildman–Crippen MR) is 43.1 cm³/mol. The third-order valence-electron chi connectivity index (χ3n) is 1.79. The fourth-order valence-electron chi connectivity index (χ4n) is 1.17. The third-order valence-corrected chi connectivity index (χ3v) is 1.79. The Labute approximate surface area is 85.6 Å². The number of halogens is 5. The van der Waals surface area contributed by atoms with Crippen molar-refractivity contribution in [1.29, 1.82) is 0 Å². The molecule has 88 valence electrons. The lowest BCUT2D eigenvalue weighted by Gasteiger charge is -2.09. The fraction of sp³-hybridized carbons (Fsp3) is 0.250. The average Bonchev–Trinajstić information content (AvgIpc) is 2.14. The molecule has 0 saturated heterocycles. The molecule has 0 aliphatic rings. The smallest absolute Gasteiger partial charge is 0.258 e. The highest BCUT2D eigenvalue weighted by Crippen LogP contribution is 2.40. The molecular weight excluding hydrogens is 237 g/mol. The van der Waals surface area contributed by atoms with Crippen LogP contribution < -0.4 is 0 Å². The summed E-state index contributed by atoms with van der Waals surface area (Å²) in [6.45, 7) is 0. The summed E-state index contributed by atoms with van der Waals surface area (Å²) in [4.78, 5) is 8.91. The van der Waals surface area contributed by atoms with Gasteiger partial charge in [-0.15, -0.1) is 0 Å². The van der Waals surface area contributed by atoms with Crippen LogP contribution in [-0.4, -0.2) is 4.92 Å². The molecule has 0 fully saturated rings. The first-order valence-corrected chi connectivity index (χ1v) is 3.87. The molecule has 0 heterocycles. The van der Waals surface area contributed by atoms with Crippen LogP contribution in [0.3, 0.4) is 0 Å². The summed E-state index contributed by atoms with van der Waals surface area (Å²) in [6.07, 6.45) is -8.37. The van der Waals surface area contributed by atoms with E-state index >= 15 is 0 Å². The summed E-state index contributed by atoms with van der Waals surface area (Å²) in [7, 11) is 0. The Morgan fingerprint density at radius 3 is 2.19 bits per heavy atom. The van der Waals surface area contributed by atoms with Crippen LogP contribution in [0.5, 0.6) is 0 Å². The molecule has 1 aromatic carbocycles. The fourth-order valence-corrected chi connectivity index (χ4v) is 1.17. The molecule has 0 radical (unpaired) electrons. The Morgan fingerprint density at radius 1 is 1.25 bits per heavy atom. The van der Waals surface area contributed by atoms with Crippen molar-refractivity contribution in [3.63, 3.8) is 0 Å². The maximum atomic E-state index is 12.3. The highest BCUT2D eigenvalue weighted by atomic mass is 19.4. The van der Waals surface area contributed by atoms with E-state index in [0.29, 0.717) is 18.2 Å². The molecule has 0 saturated carbocycles. The second-order valence-electron chi connectivity index (χ2n) is 2.80. The van der Waals surface area contributed by atoms with Gasteiger partial charge in [0.15, 0.2) is 0 Å². The zero-order valence-electron chi connectivity index (χ0n) is 7.46. The Morgan fingerprint density at radius 2 is 1.81 bits per heavy atom. The number of nitro benzene ring substituents is 1. The number of nitro groups is 1. The maximum absolute atomic E-state index is 12.3. The van der Waals surface area contributed by atoms with Gasteiger partial charge in [0.2, 0.25) is 0 Å². The molecule has 0 spiro atoms. The zero-order valence-corrected chi connectivity index (χ0v) is 7.46. The van der Waals surface area contributed by atoms with E-state index in [9.17, 15) is 32.1 Å². The van der Waals surface area contributed by atoms with Gasteiger partial charge in [-0.1, -0.05) is 6.07 Å². The minimum absolute atomic E-state index is 0.393. The maximum Gasteiger partial charge on any atom is 0.423 e. The van der Waals surface area contributed by atoms with Crippen LogP contribution in [0.4, 0.5) is 27.6 Å². The van der Waals surface area contributed by atoms with Crippen LogP contribution in [-0.2, 0) is 6.18 Å². The van der Waals surface area contributed by atoms with E-state index < -0.39 is 34.3 Å². The van der Waals surface area contributed by atoms with Crippen molar-refractivity contribution in [3.05, 3.63) is 39.4 Å². The topological polar surface area (TPSA) is 43.1 Å². The molecule has 0 aliphatic carbocycles. The Balaban J connectivity index is 3.52. The number of rotatable bonds is 2. The Kier molecular flexibility index (Phi) is 3.11. The van der Waals surface area contributed by atoms with Crippen LogP contribution in [0.2, 0.25) is 0 Å². The van der Waals surface area contributed by atoms with Crippen LogP contribution in [0, 0.1) is 10.1 Å². The minimum atomic E-state index is -5.03. The van der Waals surface area contributed by atoms with Crippen LogP contribution in [0.15, 0.2) is 18.2 Å². The SMILES string of the molecule is O=[N+]([O-])c1c(C(F)F)cccc1C(F)(F)F. The standard InChI is InChI=1S/C8H4F5NO2/c9-7(10)4-2-1-3-5(8(11,12)13)6(4)14(15)16/h1-3,7H. The largest absolute Gasteiger partial charge is 0.423 e. The van der Waals surface area contributed by atoms with E-state index in [1.54, 1.807) is 0 Å². The summed E-state index contributed by atoms with van der Waals surface area (Å²) in [5.41, 5.74) is -4.50. The molecule has 16 heavy (non-hydrogen) atoms. The Hall–Kier alpha value is -1.73. The summed E-state index contributed by atoms with van der Waals surface area (Å²) in [5.74, 6) is 0. The molecule has 1 rings (SSSR count). The normalized spacial score (nSPS) is 11.9. The molecule has 8 heteroatoms. The van der Waals surface area contributed by atoms with Crippen LogP contribution in [0.25, 0.3) is 0 Å². The summed E-state index contributed by atoms with van der Waals surface area (Å²) >= 11 is 0. The molecule has 0 aliphatic heterocycles. The van der Waals surface area contributed by atoms with Gasteiger partial charge >= 0.3 is 6.18 Å². The number of nitrogens with zero attached hydrogens (tertiary/aromatic N) is 1. The molecular formula is C8H4F5NO2. The van der Waals surface area contributed by atoms with E-state index in [1.165, 1.54) is 0 Å². The van der Waals surface area contributed by atoms with Gasteiger partial charge < -0.3 is 0 Å². The highest BCUT2D eigenvalue weighted by Gasteiger charge is 2.40. The van der Waals surface area contributed by atoms with Gasteiger partial charge in [0, 0.05) is 0 Å². The molecule has 0 bridgehead atoms. The van der Waals surface area contributed by atoms with Crippen molar-refractivity contribution in [2.24, 2.45) is 0 Å². The number of benzene rings is 1. The second-order valence-corrected chi connectivity index (χ2v) is 2.80. The quantitative estimate of drug-likeness (QED) is 0.451. The summed E-state index contributed by atoms with van der Waals surface area (Å²) in [6, 6.07) is 1.69. The number of para-hydroxylation sites is 1. The zero-order chi connectivity index (χ0) is 12.5.